The van der Waals surface area contributed by atoms with E-state index in [-0.39, 0.29) is 11.9 Å². The van der Waals surface area contributed by atoms with E-state index in [0.717, 1.165) is 19.4 Å². The zero-order valence-electron chi connectivity index (χ0n) is 9.01. The molecule has 1 heterocycles. The van der Waals surface area contributed by atoms with Crippen LogP contribution in [0.2, 0.25) is 5.02 Å². The molecule has 1 aromatic rings. The van der Waals surface area contributed by atoms with Crippen molar-refractivity contribution in [1.82, 2.24) is 0 Å². The van der Waals surface area contributed by atoms with Crippen LogP contribution in [0.15, 0.2) is 18.2 Å². The van der Waals surface area contributed by atoms with Crippen molar-refractivity contribution in [2.45, 2.75) is 25.4 Å². The molecule has 1 atom stereocenters. The average Bonchev–Trinajstić information content (AvgIpc) is 2.30. The maximum absolute atomic E-state index is 13.4. The lowest BCUT2D eigenvalue weighted by Crippen LogP contribution is -2.27. The zero-order valence-corrected chi connectivity index (χ0v) is 9.77. The van der Waals surface area contributed by atoms with Crippen molar-refractivity contribution in [3.05, 3.63) is 29.0 Å². The minimum absolute atomic E-state index is 0.171. The van der Waals surface area contributed by atoms with E-state index in [1.165, 1.54) is 12.5 Å². The Kier molecular flexibility index (Phi) is 4.02. The molecule has 1 aliphatic rings. The Morgan fingerprint density at radius 1 is 1.44 bits per heavy atom. The van der Waals surface area contributed by atoms with Crippen molar-refractivity contribution in [2.75, 3.05) is 18.5 Å². The van der Waals surface area contributed by atoms with Gasteiger partial charge in [0.15, 0.2) is 0 Å². The van der Waals surface area contributed by atoms with Gasteiger partial charge in [-0.1, -0.05) is 17.7 Å². The molecule has 1 unspecified atom stereocenters. The molecule has 2 nitrogen and oxygen atoms in total. The van der Waals surface area contributed by atoms with Gasteiger partial charge in [0.25, 0.3) is 0 Å². The van der Waals surface area contributed by atoms with Crippen molar-refractivity contribution >= 4 is 17.3 Å². The maximum Gasteiger partial charge on any atom is 0.147 e. The highest BCUT2D eigenvalue weighted by atomic mass is 35.5. The first kappa shape index (κ1) is 11.7. The molecule has 0 spiro atoms. The lowest BCUT2D eigenvalue weighted by molar-refractivity contribution is 0.0247. The van der Waals surface area contributed by atoms with E-state index < -0.39 is 0 Å². The quantitative estimate of drug-likeness (QED) is 0.878. The number of hydrogen-bond acceptors (Lipinski definition) is 2. The van der Waals surface area contributed by atoms with E-state index in [4.69, 9.17) is 16.3 Å². The van der Waals surface area contributed by atoms with E-state index in [2.05, 4.69) is 5.32 Å². The highest BCUT2D eigenvalue weighted by Gasteiger charge is 2.15. The Hall–Kier alpha value is -0.800. The second-order valence-corrected chi connectivity index (χ2v) is 4.37. The fraction of sp³-hybridized carbons (Fsp3) is 0.500. The second-order valence-electron chi connectivity index (χ2n) is 3.97. The summed E-state index contributed by atoms with van der Waals surface area (Å²) in [6.07, 6.45) is 3.50. The number of halogens is 2. The summed E-state index contributed by atoms with van der Waals surface area (Å²) in [7, 11) is 0. The maximum atomic E-state index is 13.4. The van der Waals surface area contributed by atoms with Crippen LogP contribution in [0.3, 0.4) is 0 Å². The van der Waals surface area contributed by atoms with Crippen LogP contribution in [0, 0.1) is 5.82 Å². The van der Waals surface area contributed by atoms with Crippen LogP contribution in [-0.2, 0) is 4.74 Å². The molecule has 1 aromatic carbocycles. The Bertz CT molecular complexity index is 333. The van der Waals surface area contributed by atoms with E-state index in [9.17, 15) is 4.39 Å². The first-order chi connectivity index (χ1) is 7.77. The van der Waals surface area contributed by atoms with Crippen LogP contribution in [0.25, 0.3) is 0 Å². The molecule has 2 rings (SSSR count). The normalized spacial score (nSPS) is 20.8. The average molecular weight is 244 g/mol. The predicted molar refractivity (Wildman–Crippen MR) is 63.5 cm³/mol. The van der Waals surface area contributed by atoms with Gasteiger partial charge in [-0.2, -0.15) is 0 Å². The summed E-state index contributed by atoms with van der Waals surface area (Å²) >= 11 is 5.90. The minimum atomic E-state index is -0.316. The summed E-state index contributed by atoms with van der Waals surface area (Å²) in [4.78, 5) is 0. The van der Waals surface area contributed by atoms with Crippen molar-refractivity contribution in [3.8, 4) is 0 Å². The topological polar surface area (TPSA) is 21.3 Å². The molecule has 0 saturated carbocycles. The van der Waals surface area contributed by atoms with Gasteiger partial charge < -0.3 is 10.1 Å². The van der Waals surface area contributed by atoms with Gasteiger partial charge in [-0.15, -0.1) is 0 Å². The summed E-state index contributed by atoms with van der Waals surface area (Å²) in [5.41, 5.74) is 0.373. The fourth-order valence-electron chi connectivity index (χ4n) is 1.85. The molecular formula is C12H15ClFNO. The first-order valence-electron chi connectivity index (χ1n) is 5.57. The molecule has 4 heteroatoms. The van der Waals surface area contributed by atoms with Crippen molar-refractivity contribution in [3.63, 3.8) is 0 Å². The molecule has 0 amide bonds. The number of ether oxygens (including phenoxy) is 1. The van der Waals surface area contributed by atoms with Crippen LogP contribution in [0.5, 0.6) is 0 Å². The van der Waals surface area contributed by atoms with Gasteiger partial charge >= 0.3 is 0 Å². The van der Waals surface area contributed by atoms with Gasteiger partial charge in [-0.05, 0) is 31.4 Å². The molecular weight excluding hydrogens is 229 g/mol. The molecule has 1 aliphatic heterocycles. The van der Waals surface area contributed by atoms with Crippen LogP contribution in [0.4, 0.5) is 10.1 Å². The third-order valence-electron chi connectivity index (χ3n) is 2.74. The molecule has 1 saturated heterocycles. The summed E-state index contributed by atoms with van der Waals surface area (Å²) in [5, 5.41) is 3.43. The summed E-state index contributed by atoms with van der Waals surface area (Å²) < 4.78 is 19.0. The van der Waals surface area contributed by atoms with Gasteiger partial charge in [0, 0.05) is 13.2 Å². The Morgan fingerprint density at radius 2 is 2.31 bits per heavy atom. The van der Waals surface area contributed by atoms with Crippen molar-refractivity contribution < 1.29 is 9.13 Å². The number of hydrogen-bond donors (Lipinski definition) is 1. The number of rotatable bonds is 3. The zero-order chi connectivity index (χ0) is 11.4. The molecule has 0 aromatic heterocycles. The fourth-order valence-corrected chi connectivity index (χ4v) is 2.08. The molecule has 0 radical (unpaired) electrons. The molecule has 0 bridgehead atoms. The van der Waals surface area contributed by atoms with Crippen molar-refractivity contribution in [1.29, 1.82) is 0 Å². The van der Waals surface area contributed by atoms with Gasteiger partial charge in [-0.25, -0.2) is 4.39 Å². The first-order valence-corrected chi connectivity index (χ1v) is 5.94. The van der Waals surface area contributed by atoms with Gasteiger partial charge in [-0.3, -0.25) is 0 Å². The van der Waals surface area contributed by atoms with E-state index in [0.29, 0.717) is 17.3 Å². The molecule has 16 heavy (non-hydrogen) atoms. The molecule has 88 valence electrons. The summed E-state index contributed by atoms with van der Waals surface area (Å²) in [6, 6.07) is 4.67. The van der Waals surface area contributed by atoms with Crippen LogP contribution in [-0.4, -0.2) is 19.3 Å². The van der Waals surface area contributed by atoms with E-state index in [1.807, 2.05) is 0 Å². The summed E-state index contributed by atoms with van der Waals surface area (Å²) in [6.45, 7) is 1.41. The van der Waals surface area contributed by atoms with Gasteiger partial charge in [0.2, 0.25) is 0 Å². The monoisotopic (exact) mass is 243 g/mol. The highest BCUT2D eigenvalue weighted by molar-refractivity contribution is 6.33. The third kappa shape index (κ3) is 2.86. The van der Waals surface area contributed by atoms with Crippen LogP contribution in [0.1, 0.15) is 19.3 Å². The van der Waals surface area contributed by atoms with E-state index >= 15 is 0 Å². The summed E-state index contributed by atoms with van der Waals surface area (Å²) in [5.74, 6) is -0.316. The SMILES string of the molecule is Fc1cccc(Cl)c1NCC1CCCCO1. The molecule has 1 N–H and O–H groups in total. The van der Waals surface area contributed by atoms with Crippen LogP contribution < -0.4 is 5.32 Å². The predicted octanol–water partition coefficient (Wildman–Crippen LogP) is 3.46. The minimum Gasteiger partial charge on any atom is -0.379 e. The van der Waals surface area contributed by atoms with E-state index in [1.54, 1.807) is 12.1 Å². The Balaban J connectivity index is 1.93. The number of para-hydroxylation sites is 1. The van der Waals surface area contributed by atoms with Gasteiger partial charge in [0.1, 0.15) is 5.82 Å². The smallest absolute Gasteiger partial charge is 0.147 e. The molecule has 1 fully saturated rings. The standard InChI is InChI=1S/C12H15ClFNO/c13-10-5-3-6-11(14)12(10)15-8-9-4-1-2-7-16-9/h3,5-6,9,15H,1-2,4,7-8H2. The molecule has 0 aliphatic carbocycles. The van der Waals surface area contributed by atoms with Crippen molar-refractivity contribution in [2.24, 2.45) is 0 Å². The second kappa shape index (κ2) is 5.51. The van der Waals surface area contributed by atoms with Crippen LogP contribution >= 0.6 is 11.6 Å². The van der Waals surface area contributed by atoms with Gasteiger partial charge in [0.05, 0.1) is 16.8 Å². The third-order valence-corrected chi connectivity index (χ3v) is 3.06. The highest BCUT2D eigenvalue weighted by Crippen LogP contribution is 2.25. The largest absolute Gasteiger partial charge is 0.379 e. The number of anilines is 1. The number of benzene rings is 1. The number of nitrogens with one attached hydrogen (secondary N) is 1. The Morgan fingerprint density at radius 3 is 3.00 bits per heavy atom. The lowest BCUT2D eigenvalue weighted by Gasteiger charge is -2.23. The lowest BCUT2D eigenvalue weighted by atomic mass is 10.1. The Labute approximate surface area is 99.7 Å².